The molecule has 1 heterocycles. The number of nitrogens with one attached hydrogen (secondary N) is 1. The van der Waals surface area contributed by atoms with Crippen molar-refractivity contribution in [2.75, 3.05) is 5.32 Å². The summed E-state index contributed by atoms with van der Waals surface area (Å²) in [6.45, 7) is 5.68. The lowest BCUT2D eigenvalue weighted by molar-refractivity contribution is -0.118. The summed E-state index contributed by atoms with van der Waals surface area (Å²) >= 11 is 6.21. The normalized spacial score (nSPS) is 11.2. The number of aromatic nitrogens is 2. The topological polar surface area (TPSA) is 46.9 Å². The van der Waals surface area contributed by atoms with Crippen LogP contribution in [0.25, 0.3) is 10.9 Å². The van der Waals surface area contributed by atoms with Gasteiger partial charge in [-0.05, 0) is 18.6 Å². The molecule has 0 fully saturated rings. The molecule has 0 aliphatic rings. The summed E-state index contributed by atoms with van der Waals surface area (Å²) < 4.78 is 1.74. The number of carbonyl (C=O) groups excluding carboxylic acids is 1. The van der Waals surface area contributed by atoms with E-state index in [9.17, 15) is 4.79 Å². The molecule has 1 aromatic carbocycles. The maximum Gasteiger partial charge on any atom is 0.228 e. The van der Waals surface area contributed by atoms with Gasteiger partial charge in [-0.3, -0.25) is 9.48 Å². The third-order valence-corrected chi connectivity index (χ3v) is 3.22. The fourth-order valence-corrected chi connectivity index (χ4v) is 2.15. The van der Waals surface area contributed by atoms with Crippen LogP contribution in [0.15, 0.2) is 12.1 Å². The van der Waals surface area contributed by atoms with E-state index in [1.54, 1.807) is 4.68 Å². The number of hydrogen-bond donors (Lipinski definition) is 1. The zero-order chi connectivity index (χ0) is 13.4. The van der Waals surface area contributed by atoms with Gasteiger partial charge in [-0.1, -0.05) is 31.5 Å². The number of hydrogen-bond acceptors (Lipinski definition) is 2. The van der Waals surface area contributed by atoms with Crippen molar-refractivity contribution in [2.24, 2.45) is 13.0 Å². The average Bonchev–Trinajstić information content (AvgIpc) is 2.62. The first-order valence-corrected chi connectivity index (χ1v) is 6.22. The molecule has 2 rings (SSSR count). The molecule has 0 aliphatic carbocycles. The molecular weight excluding hydrogens is 250 g/mol. The molecule has 0 saturated carbocycles. The van der Waals surface area contributed by atoms with Crippen molar-refractivity contribution >= 4 is 34.2 Å². The lowest BCUT2D eigenvalue weighted by Crippen LogP contribution is -2.18. The molecule has 4 nitrogen and oxygen atoms in total. The number of carbonyl (C=O) groups is 1. The number of nitrogens with zero attached hydrogens (tertiary/aromatic N) is 2. The highest BCUT2D eigenvalue weighted by atomic mass is 35.5. The summed E-state index contributed by atoms with van der Waals surface area (Å²) in [5, 5.41) is 8.55. The Morgan fingerprint density at radius 3 is 2.72 bits per heavy atom. The van der Waals surface area contributed by atoms with E-state index >= 15 is 0 Å². The van der Waals surface area contributed by atoms with Crippen molar-refractivity contribution < 1.29 is 4.79 Å². The molecule has 0 aliphatic heterocycles. The van der Waals surface area contributed by atoms with Gasteiger partial charge < -0.3 is 5.32 Å². The molecule has 1 N–H and O–H groups in total. The van der Waals surface area contributed by atoms with Crippen molar-refractivity contribution in [3.8, 4) is 0 Å². The van der Waals surface area contributed by atoms with Gasteiger partial charge in [-0.2, -0.15) is 5.10 Å². The van der Waals surface area contributed by atoms with Gasteiger partial charge in [0.1, 0.15) is 0 Å². The second kappa shape index (κ2) is 4.61. The van der Waals surface area contributed by atoms with Gasteiger partial charge in [0, 0.05) is 13.0 Å². The SMILES string of the molecule is Cc1ccc(Cl)c2c(NC(=O)C(C)C)nn(C)c12. The zero-order valence-corrected chi connectivity index (χ0v) is 11.7. The quantitative estimate of drug-likeness (QED) is 0.907. The molecule has 1 aromatic heterocycles. The molecule has 0 unspecified atom stereocenters. The lowest BCUT2D eigenvalue weighted by atomic mass is 10.1. The van der Waals surface area contributed by atoms with Crippen LogP contribution in [0.5, 0.6) is 0 Å². The second-order valence-corrected chi connectivity index (χ2v) is 5.11. The smallest absolute Gasteiger partial charge is 0.228 e. The third-order valence-electron chi connectivity index (χ3n) is 2.91. The molecule has 0 spiro atoms. The molecular formula is C13H16ClN3O. The standard InChI is InChI=1S/C13H16ClN3O/c1-7(2)13(18)15-12-10-9(14)6-5-8(3)11(10)17(4)16-12/h5-7H,1-4H3,(H,15,16,18). The van der Waals surface area contributed by atoms with E-state index in [-0.39, 0.29) is 11.8 Å². The fraction of sp³-hybridized carbons (Fsp3) is 0.385. The number of aryl methyl sites for hydroxylation is 2. The first-order chi connectivity index (χ1) is 8.41. The van der Waals surface area contributed by atoms with Gasteiger partial charge in [0.15, 0.2) is 5.82 Å². The van der Waals surface area contributed by atoms with Crippen LogP contribution in [0.2, 0.25) is 5.02 Å². The minimum atomic E-state index is -0.0920. The van der Waals surface area contributed by atoms with Crippen molar-refractivity contribution in [2.45, 2.75) is 20.8 Å². The summed E-state index contributed by atoms with van der Waals surface area (Å²) in [5.74, 6) is 0.373. The van der Waals surface area contributed by atoms with Crippen LogP contribution in [0, 0.1) is 12.8 Å². The van der Waals surface area contributed by atoms with Gasteiger partial charge in [-0.25, -0.2) is 0 Å². The van der Waals surface area contributed by atoms with E-state index < -0.39 is 0 Å². The minimum Gasteiger partial charge on any atom is -0.308 e. The maximum absolute atomic E-state index is 11.8. The molecule has 96 valence electrons. The van der Waals surface area contributed by atoms with E-state index in [1.807, 2.05) is 40.0 Å². The summed E-state index contributed by atoms with van der Waals surface area (Å²) in [5.41, 5.74) is 2.02. The Morgan fingerprint density at radius 2 is 2.11 bits per heavy atom. The Balaban J connectivity index is 2.59. The Bertz CT molecular complexity index is 616. The molecule has 1 amide bonds. The van der Waals surface area contributed by atoms with E-state index in [0.717, 1.165) is 16.5 Å². The highest BCUT2D eigenvalue weighted by Gasteiger charge is 2.17. The molecule has 18 heavy (non-hydrogen) atoms. The van der Waals surface area contributed by atoms with Gasteiger partial charge in [0.2, 0.25) is 5.91 Å². The Hall–Kier alpha value is -1.55. The van der Waals surface area contributed by atoms with Crippen molar-refractivity contribution in [3.63, 3.8) is 0 Å². The van der Waals surface area contributed by atoms with E-state index in [1.165, 1.54) is 0 Å². The zero-order valence-electron chi connectivity index (χ0n) is 10.9. The van der Waals surface area contributed by atoms with Crippen LogP contribution in [-0.2, 0) is 11.8 Å². The van der Waals surface area contributed by atoms with Gasteiger partial charge in [0.25, 0.3) is 0 Å². The van der Waals surface area contributed by atoms with Gasteiger partial charge in [-0.15, -0.1) is 0 Å². The fourth-order valence-electron chi connectivity index (χ4n) is 1.91. The molecule has 0 atom stereocenters. The van der Waals surface area contributed by atoms with Crippen LogP contribution < -0.4 is 5.32 Å². The van der Waals surface area contributed by atoms with Crippen molar-refractivity contribution in [1.82, 2.24) is 9.78 Å². The first kappa shape index (κ1) is 12.9. The molecule has 0 radical (unpaired) electrons. The summed E-state index contributed by atoms with van der Waals surface area (Å²) in [6.07, 6.45) is 0. The Kier molecular flexibility index (Phi) is 3.30. The average molecular weight is 266 g/mol. The highest BCUT2D eigenvalue weighted by Crippen LogP contribution is 2.32. The largest absolute Gasteiger partial charge is 0.308 e. The maximum atomic E-state index is 11.8. The van der Waals surface area contributed by atoms with Gasteiger partial charge >= 0.3 is 0 Å². The number of fused-ring (bicyclic) bond motifs is 1. The predicted octanol–water partition coefficient (Wildman–Crippen LogP) is 3.13. The van der Waals surface area contributed by atoms with Crippen molar-refractivity contribution in [3.05, 3.63) is 22.7 Å². The van der Waals surface area contributed by atoms with E-state index in [0.29, 0.717) is 10.8 Å². The summed E-state index contributed by atoms with van der Waals surface area (Å²) in [7, 11) is 1.84. The lowest BCUT2D eigenvalue weighted by Gasteiger charge is -2.05. The molecule has 5 heteroatoms. The van der Waals surface area contributed by atoms with Crippen LogP contribution >= 0.6 is 11.6 Å². The monoisotopic (exact) mass is 265 g/mol. The number of benzene rings is 1. The van der Waals surface area contributed by atoms with Crippen LogP contribution in [0.4, 0.5) is 5.82 Å². The minimum absolute atomic E-state index is 0.0624. The molecule has 0 saturated heterocycles. The number of amides is 1. The molecule has 2 aromatic rings. The van der Waals surface area contributed by atoms with Crippen molar-refractivity contribution in [1.29, 1.82) is 0 Å². The Labute approximate surface area is 111 Å². The predicted molar refractivity (Wildman–Crippen MR) is 73.9 cm³/mol. The van der Waals surface area contributed by atoms with E-state index in [4.69, 9.17) is 11.6 Å². The van der Waals surface area contributed by atoms with Gasteiger partial charge in [0.05, 0.1) is 15.9 Å². The van der Waals surface area contributed by atoms with Crippen LogP contribution in [0.3, 0.4) is 0 Å². The summed E-state index contributed by atoms with van der Waals surface area (Å²) in [6, 6.07) is 3.77. The van der Waals surface area contributed by atoms with Crippen LogP contribution in [0.1, 0.15) is 19.4 Å². The van der Waals surface area contributed by atoms with Crippen LogP contribution in [-0.4, -0.2) is 15.7 Å². The molecule has 0 bridgehead atoms. The highest BCUT2D eigenvalue weighted by molar-refractivity contribution is 6.36. The Morgan fingerprint density at radius 1 is 1.44 bits per heavy atom. The number of halogens is 1. The van der Waals surface area contributed by atoms with E-state index in [2.05, 4.69) is 10.4 Å². The first-order valence-electron chi connectivity index (χ1n) is 5.84. The summed E-state index contributed by atoms with van der Waals surface area (Å²) in [4.78, 5) is 11.8. The third kappa shape index (κ3) is 2.08. The number of rotatable bonds is 2. The second-order valence-electron chi connectivity index (χ2n) is 4.70. The number of anilines is 1.